The number of aromatic nitrogens is 1. The number of carbonyl (C=O) groups is 1. The van der Waals surface area contributed by atoms with Crippen LogP contribution in [0, 0.1) is 11.3 Å². The van der Waals surface area contributed by atoms with Gasteiger partial charge in [0.1, 0.15) is 12.1 Å². The molecule has 3 N–H and O–H groups in total. The Balaban J connectivity index is 2.13. The minimum atomic E-state index is -1.00. The minimum Gasteiger partial charge on any atom is -0.480 e. The summed E-state index contributed by atoms with van der Waals surface area (Å²) in [7, 11) is 0. The van der Waals surface area contributed by atoms with E-state index in [4.69, 9.17) is 10.8 Å². The molecule has 0 unspecified atom stereocenters. The van der Waals surface area contributed by atoms with Gasteiger partial charge in [-0.05, 0) is 17.7 Å². The van der Waals surface area contributed by atoms with Crippen molar-refractivity contribution in [3.8, 4) is 6.07 Å². The average Bonchev–Trinajstić information content (AvgIpc) is 2.75. The molecule has 2 aromatic heterocycles. The average molecular weight is 275 g/mol. The van der Waals surface area contributed by atoms with Gasteiger partial charge in [-0.2, -0.15) is 17.0 Å². The van der Waals surface area contributed by atoms with Crippen molar-refractivity contribution in [1.29, 1.82) is 5.26 Å². The number of fused-ring (bicyclic) bond motifs is 1. The van der Waals surface area contributed by atoms with Crippen LogP contribution in [0.5, 0.6) is 0 Å². The number of aliphatic carboxylic acids is 1. The fraction of sp³-hybridized carbons (Fsp3) is 0.231. The van der Waals surface area contributed by atoms with Crippen LogP contribution in [0.1, 0.15) is 11.1 Å². The molecule has 2 heterocycles. The van der Waals surface area contributed by atoms with Crippen molar-refractivity contribution in [1.82, 2.24) is 4.40 Å². The quantitative estimate of drug-likeness (QED) is 0.861. The predicted molar refractivity (Wildman–Crippen MR) is 73.9 cm³/mol. The third-order valence-electron chi connectivity index (χ3n) is 2.75. The molecule has 0 aliphatic heterocycles. The molecular formula is C13H13N3O2S. The highest BCUT2D eigenvalue weighted by atomic mass is 32.2. The third-order valence-corrected chi connectivity index (χ3v) is 3.86. The largest absolute Gasteiger partial charge is 0.480 e. The summed E-state index contributed by atoms with van der Waals surface area (Å²) in [5, 5.41) is 17.9. The van der Waals surface area contributed by atoms with Crippen LogP contribution in [0.3, 0.4) is 0 Å². The van der Waals surface area contributed by atoms with Gasteiger partial charge in [-0.25, -0.2) is 0 Å². The molecule has 1 atom stereocenters. The lowest BCUT2D eigenvalue weighted by Gasteiger charge is -2.04. The number of nitrogens with zero attached hydrogens (tertiary/aromatic N) is 2. The standard InChI is InChI=1S/C13H13N3O2S/c14-5-10-9(7-19-8-11(15)13(17)18)6-16-4-2-1-3-12(10)16/h1-4,6,11H,7-8,15H2,(H,17,18)/t11-/m1/s1. The second kappa shape index (κ2) is 5.78. The molecule has 0 radical (unpaired) electrons. The highest BCUT2D eigenvalue weighted by molar-refractivity contribution is 7.98. The highest BCUT2D eigenvalue weighted by Gasteiger charge is 2.13. The molecular weight excluding hydrogens is 262 g/mol. The van der Waals surface area contributed by atoms with Gasteiger partial charge in [0, 0.05) is 23.9 Å². The molecule has 6 heteroatoms. The van der Waals surface area contributed by atoms with Gasteiger partial charge in [0.05, 0.1) is 11.1 Å². The fourth-order valence-corrected chi connectivity index (χ4v) is 2.74. The van der Waals surface area contributed by atoms with Crippen molar-refractivity contribution >= 4 is 23.2 Å². The van der Waals surface area contributed by atoms with E-state index in [0.717, 1.165) is 11.1 Å². The van der Waals surface area contributed by atoms with Crippen LogP contribution < -0.4 is 5.73 Å². The first-order chi connectivity index (χ1) is 9.13. The monoisotopic (exact) mass is 275 g/mol. The van der Waals surface area contributed by atoms with Crippen molar-refractivity contribution in [2.45, 2.75) is 11.8 Å². The Morgan fingerprint density at radius 1 is 1.58 bits per heavy atom. The molecule has 0 fully saturated rings. The topological polar surface area (TPSA) is 91.5 Å². The zero-order valence-electron chi connectivity index (χ0n) is 10.1. The van der Waals surface area contributed by atoms with E-state index in [2.05, 4.69) is 6.07 Å². The SMILES string of the molecule is N#Cc1c(CSC[C@@H](N)C(=O)O)cn2ccccc12. The summed E-state index contributed by atoms with van der Waals surface area (Å²) in [4.78, 5) is 10.6. The lowest BCUT2D eigenvalue weighted by atomic mass is 10.2. The second-order valence-electron chi connectivity index (χ2n) is 4.09. The van der Waals surface area contributed by atoms with Crippen LogP contribution >= 0.6 is 11.8 Å². The fourth-order valence-electron chi connectivity index (χ4n) is 1.78. The third kappa shape index (κ3) is 2.89. The Kier molecular flexibility index (Phi) is 4.10. The van der Waals surface area contributed by atoms with E-state index < -0.39 is 12.0 Å². The Hall–Kier alpha value is -1.97. The number of hydrogen-bond donors (Lipinski definition) is 2. The lowest BCUT2D eigenvalue weighted by molar-refractivity contribution is -0.137. The number of pyridine rings is 1. The minimum absolute atomic E-state index is 0.326. The second-order valence-corrected chi connectivity index (χ2v) is 5.12. The van der Waals surface area contributed by atoms with Gasteiger partial charge in [-0.3, -0.25) is 4.79 Å². The Morgan fingerprint density at radius 2 is 2.37 bits per heavy atom. The summed E-state index contributed by atoms with van der Waals surface area (Å²) < 4.78 is 1.89. The first-order valence-corrected chi connectivity index (χ1v) is 6.83. The molecule has 0 amide bonds. The zero-order chi connectivity index (χ0) is 13.8. The van der Waals surface area contributed by atoms with E-state index in [1.165, 1.54) is 11.8 Å². The number of nitrogens with two attached hydrogens (primary N) is 1. The zero-order valence-corrected chi connectivity index (χ0v) is 10.9. The molecule has 0 aliphatic carbocycles. The number of hydrogen-bond acceptors (Lipinski definition) is 4. The number of rotatable bonds is 5. The highest BCUT2D eigenvalue weighted by Crippen LogP contribution is 2.22. The van der Waals surface area contributed by atoms with E-state index in [-0.39, 0.29) is 0 Å². The Morgan fingerprint density at radius 3 is 3.05 bits per heavy atom. The van der Waals surface area contributed by atoms with E-state index >= 15 is 0 Å². The Bertz CT molecular complexity index is 645. The van der Waals surface area contributed by atoms with E-state index in [9.17, 15) is 10.1 Å². The Labute approximate surface area is 114 Å². The van der Waals surface area contributed by atoms with Crippen molar-refractivity contribution in [2.75, 3.05) is 5.75 Å². The van der Waals surface area contributed by atoms with Gasteiger partial charge in [0.25, 0.3) is 0 Å². The molecule has 19 heavy (non-hydrogen) atoms. The normalized spacial score (nSPS) is 12.2. The van der Waals surface area contributed by atoms with Crippen LogP contribution in [-0.2, 0) is 10.5 Å². The van der Waals surface area contributed by atoms with E-state index in [1.54, 1.807) is 0 Å². The first-order valence-electron chi connectivity index (χ1n) is 5.68. The summed E-state index contributed by atoms with van der Waals surface area (Å²) in [5.74, 6) is -0.104. The smallest absolute Gasteiger partial charge is 0.321 e. The van der Waals surface area contributed by atoms with Gasteiger partial charge < -0.3 is 15.2 Å². The number of nitriles is 1. The molecule has 2 rings (SSSR count). The van der Waals surface area contributed by atoms with Crippen LogP contribution in [0.15, 0.2) is 30.6 Å². The maximum atomic E-state index is 10.6. The van der Waals surface area contributed by atoms with Crippen molar-refractivity contribution in [2.24, 2.45) is 5.73 Å². The van der Waals surface area contributed by atoms with Gasteiger partial charge in [-0.15, -0.1) is 0 Å². The summed E-state index contributed by atoms with van der Waals surface area (Å²) >= 11 is 1.42. The van der Waals surface area contributed by atoms with Gasteiger partial charge >= 0.3 is 5.97 Å². The summed E-state index contributed by atoms with van der Waals surface area (Å²) in [5.41, 5.74) is 7.84. The number of thioether (sulfide) groups is 1. The van der Waals surface area contributed by atoms with E-state index in [1.807, 2.05) is 35.0 Å². The van der Waals surface area contributed by atoms with Crippen LogP contribution in [-0.4, -0.2) is 27.3 Å². The summed E-state index contributed by atoms with van der Waals surface area (Å²) in [6, 6.07) is 6.99. The van der Waals surface area contributed by atoms with Gasteiger partial charge in [0.2, 0.25) is 0 Å². The number of carboxylic acid groups (broad SMARTS) is 1. The van der Waals surface area contributed by atoms with Crippen molar-refractivity contribution in [3.05, 3.63) is 41.7 Å². The number of carboxylic acids is 1. The first kappa shape index (κ1) is 13.5. The molecule has 0 saturated heterocycles. The van der Waals surface area contributed by atoms with E-state index in [0.29, 0.717) is 17.1 Å². The molecule has 0 aliphatic rings. The molecule has 98 valence electrons. The lowest BCUT2D eigenvalue weighted by Crippen LogP contribution is -2.32. The molecule has 2 aromatic rings. The summed E-state index contributed by atoms with van der Waals surface area (Å²) in [6.45, 7) is 0. The van der Waals surface area contributed by atoms with Gasteiger partial charge in [0.15, 0.2) is 0 Å². The van der Waals surface area contributed by atoms with Crippen molar-refractivity contribution in [3.63, 3.8) is 0 Å². The van der Waals surface area contributed by atoms with Crippen LogP contribution in [0.4, 0.5) is 0 Å². The molecule has 0 spiro atoms. The summed E-state index contributed by atoms with van der Waals surface area (Å²) in [6.07, 6.45) is 3.78. The predicted octanol–water partition coefficient (Wildman–Crippen LogP) is 1.46. The maximum absolute atomic E-state index is 10.6. The molecule has 0 bridgehead atoms. The molecule has 0 saturated carbocycles. The molecule has 0 aromatic carbocycles. The van der Waals surface area contributed by atoms with Crippen LogP contribution in [0.25, 0.3) is 5.52 Å². The molecule has 5 nitrogen and oxygen atoms in total. The maximum Gasteiger partial charge on any atom is 0.321 e. The van der Waals surface area contributed by atoms with Crippen molar-refractivity contribution < 1.29 is 9.90 Å². The van der Waals surface area contributed by atoms with Crippen LogP contribution in [0.2, 0.25) is 0 Å². The van der Waals surface area contributed by atoms with Gasteiger partial charge in [-0.1, -0.05) is 6.07 Å².